The Morgan fingerprint density at radius 3 is 2.68 bits per heavy atom. The van der Waals surface area contributed by atoms with Crippen molar-refractivity contribution in [3.05, 3.63) is 11.6 Å². The molecule has 0 amide bonds. The number of allylic oxidation sites excluding steroid dienone is 1. The highest BCUT2D eigenvalue weighted by atomic mass is 16.5. The molecule has 0 heterocycles. The molecule has 0 aromatic carbocycles. The van der Waals surface area contributed by atoms with Crippen LogP contribution in [-0.4, -0.2) is 36.5 Å². The molecule has 4 nitrogen and oxygen atoms in total. The lowest BCUT2D eigenvalue weighted by molar-refractivity contribution is -0.144. The van der Waals surface area contributed by atoms with E-state index in [0.29, 0.717) is 18.9 Å². The van der Waals surface area contributed by atoms with Gasteiger partial charge < -0.3 is 14.6 Å². The summed E-state index contributed by atoms with van der Waals surface area (Å²) in [6.07, 6.45) is 12.0. The van der Waals surface area contributed by atoms with Gasteiger partial charge in [0, 0.05) is 0 Å². The third kappa shape index (κ3) is 3.25. The standard InChI is InChI=1S/C24H38O4/c1-22(26)12-13-23(2)16(15-22)5-6-17-18-7-8-20(28-14-10-21(25)27-4)24(18,3)11-9-19(17)23/h5,17-20,26H,6-15H2,1-4H3. The average molecular weight is 391 g/mol. The average Bonchev–Trinajstić information content (AvgIpc) is 2.98. The number of esters is 1. The van der Waals surface area contributed by atoms with Crippen LogP contribution < -0.4 is 0 Å². The lowest BCUT2D eigenvalue weighted by Crippen LogP contribution is -2.52. The second-order valence-electron chi connectivity index (χ2n) is 10.7. The summed E-state index contributed by atoms with van der Waals surface area (Å²) in [5.41, 5.74) is 1.51. The van der Waals surface area contributed by atoms with E-state index in [1.165, 1.54) is 38.4 Å². The van der Waals surface area contributed by atoms with Crippen LogP contribution in [-0.2, 0) is 14.3 Å². The van der Waals surface area contributed by atoms with Crippen LogP contribution in [0.25, 0.3) is 0 Å². The number of carbonyl (C=O) groups excluding carboxylic acids is 1. The molecule has 7 atom stereocenters. The molecule has 0 radical (unpaired) electrons. The van der Waals surface area contributed by atoms with E-state index in [1.807, 2.05) is 6.92 Å². The predicted molar refractivity (Wildman–Crippen MR) is 109 cm³/mol. The molecule has 4 aliphatic carbocycles. The maximum absolute atomic E-state index is 11.4. The zero-order valence-electron chi connectivity index (χ0n) is 18.1. The summed E-state index contributed by atoms with van der Waals surface area (Å²) < 4.78 is 11.0. The number of carbonyl (C=O) groups is 1. The fourth-order valence-electron chi connectivity index (χ4n) is 7.42. The van der Waals surface area contributed by atoms with Gasteiger partial charge in [0.15, 0.2) is 0 Å². The van der Waals surface area contributed by atoms with Crippen molar-refractivity contribution in [2.75, 3.05) is 13.7 Å². The van der Waals surface area contributed by atoms with Gasteiger partial charge in [-0.2, -0.15) is 0 Å². The van der Waals surface area contributed by atoms with E-state index in [-0.39, 0.29) is 22.9 Å². The van der Waals surface area contributed by atoms with Crippen molar-refractivity contribution in [2.24, 2.45) is 28.6 Å². The monoisotopic (exact) mass is 390 g/mol. The highest BCUT2D eigenvalue weighted by molar-refractivity contribution is 5.69. The SMILES string of the molecule is COC(=O)CCOC1CCC2C3CC=C4CC(C)(O)CCC4(C)C3CCC12C. The minimum Gasteiger partial charge on any atom is -0.469 e. The summed E-state index contributed by atoms with van der Waals surface area (Å²) in [5.74, 6) is 2.01. The first-order chi connectivity index (χ1) is 13.2. The number of fused-ring (bicyclic) bond motifs is 5. The normalized spacial score (nSPS) is 47.5. The molecular weight excluding hydrogens is 352 g/mol. The molecule has 0 spiro atoms. The van der Waals surface area contributed by atoms with Crippen molar-refractivity contribution in [1.82, 2.24) is 0 Å². The van der Waals surface area contributed by atoms with E-state index in [0.717, 1.165) is 37.5 Å². The minimum atomic E-state index is -0.521. The van der Waals surface area contributed by atoms with Gasteiger partial charge in [0.2, 0.25) is 0 Å². The van der Waals surface area contributed by atoms with E-state index >= 15 is 0 Å². The van der Waals surface area contributed by atoms with Gasteiger partial charge in [0.05, 0.1) is 31.8 Å². The molecule has 4 rings (SSSR count). The smallest absolute Gasteiger partial charge is 0.307 e. The molecule has 0 aromatic heterocycles. The number of hydrogen-bond donors (Lipinski definition) is 1. The Labute approximate surface area is 170 Å². The fourth-order valence-corrected chi connectivity index (χ4v) is 7.42. The first-order valence-electron chi connectivity index (χ1n) is 11.3. The largest absolute Gasteiger partial charge is 0.469 e. The second kappa shape index (κ2) is 7.12. The number of ether oxygens (including phenoxy) is 2. The molecule has 4 heteroatoms. The number of hydrogen-bond acceptors (Lipinski definition) is 4. The summed E-state index contributed by atoms with van der Waals surface area (Å²) in [6, 6.07) is 0. The summed E-state index contributed by atoms with van der Waals surface area (Å²) in [4.78, 5) is 11.4. The summed E-state index contributed by atoms with van der Waals surface area (Å²) >= 11 is 0. The van der Waals surface area contributed by atoms with E-state index in [1.54, 1.807) is 0 Å². The third-order valence-corrected chi connectivity index (χ3v) is 9.15. The molecule has 0 bridgehead atoms. The van der Waals surface area contributed by atoms with Gasteiger partial charge in [-0.1, -0.05) is 25.5 Å². The molecule has 0 saturated heterocycles. The van der Waals surface area contributed by atoms with Crippen molar-refractivity contribution in [2.45, 2.75) is 90.3 Å². The number of methoxy groups -OCH3 is 1. The van der Waals surface area contributed by atoms with Crippen molar-refractivity contribution in [1.29, 1.82) is 0 Å². The molecular formula is C24H38O4. The molecule has 28 heavy (non-hydrogen) atoms. The van der Waals surface area contributed by atoms with Crippen LogP contribution in [0.15, 0.2) is 11.6 Å². The predicted octanol–water partition coefficient (Wildman–Crippen LogP) is 4.65. The van der Waals surface area contributed by atoms with E-state index in [2.05, 4.69) is 19.9 Å². The number of rotatable bonds is 4. The Morgan fingerprint density at radius 2 is 1.93 bits per heavy atom. The molecule has 3 fully saturated rings. The summed E-state index contributed by atoms with van der Waals surface area (Å²) in [6.45, 7) is 7.40. The van der Waals surface area contributed by atoms with Crippen LogP contribution in [0.1, 0.15) is 78.6 Å². The lowest BCUT2D eigenvalue weighted by Gasteiger charge is -2.58. The highest BCUT2D eigenvalue weighted by Gasteiger charge is 2.59. The number of aliphatic hydroxyl groups is 1. The van der Waals surface area contributed by atoms with Crippen LogP contribution in [0.5, 0.6) is 0 Å². The molecule has 7 unspecified atom stereocenters. The van der Waals surface area contributed by atoms with Crippen LogP contribution in [0, 0.1) is 28.6 Å². The lowest BCUT2D eigenvalue weighted by atomic mass is 9.47. The maximum atomic E-state index is 11.4. The van der Waals surface area contributed by atoms with Gasteiger partial charge >= 0.3 is 5.97 Å². The zero-order chi connectivity index (χ0) is 20.2. The molecule has 0 aliphatic heterocycles. The summed E-state index contributed by atoms with van der Waals surface area (Å²) in [5, 5.41) is 10.6. The Balaban J connectivity index is 1.49. The first-order valence-corrected chi connectivity index (χ1v) is 11.3. The Kier molecular flexibility index (Phi) is 5.19. The van der Waals surface area contributed by atoms with E-state index < -0.39 is 5.60 Å². The van der Waals surface area contributed by atoms with Crippen molar-refractivity contribution < 1.29 is 19.4 Å². The maximum Gasteiger partial charge on any atom is 0.307 e. The van der Waals surface area contributed by atoms with Gasteiger partial charge in [-0.15, -0.1) is 0 Å². The topological polar surface area (TPSA) is 55.8 Å². The Morgan fingerprint density at radius 1 is 1.14 bits per heavy atom. The Hall–Kier alpha value is -0.870. The van der Waals surface area contributed by atoms with Crippen molar-refractivity contribution in [3.63, 3.8) is 0 Å². The Bertz CT molecular complexity index is 653. The minimum absolute atomic E-state index is 0.186. The van der Waals surface area contributed by atoms with Gasteiger partial charge in [0.1, 0.15) is 0 Å². The van der Waals surface area contributed by atoms with Gasteiger partial charge in [0.25, 0.3) is 0 Å². The van der Waals surface area contributed by atoms with Crippen molar-refractivity contribution >= 4 is 5.97 Å². The van der Waals surface area contributed by atoms with Gasteiger partial charge in [-0.25, -0.2) is 0 Å². The van der Waals surface area contributed by atoms with Crippen LogP contribution in [0.4, 0.5) is 0 Å². The van der Waals surface area contributed by atoms with Crippen LogP contribution >= 0.6 is 0 Å². The van der Waals surface area contributed by atoms with Crippen LogP contribution in [0.2, 0.25) is 0 Å². The fraction of sp³-hybridized carbons (Fsp3) is 0.875. The quantitative estimate of drug-likeness (QED) is 0.561. The van der Waals surface area contributed by atoms with Gasteiger partial charge in [-0.05, 0) is 86.9 Å². The highest BCUT2D eigenvalue weighted by Crippen LogP contribution is 2.65. The molecule has 1 N–H and O–H groups in total. The second-order valence-corrected chi connectivity index (χ2v) is 10.7. The molecule has 0 aromatic rings. The molecule has 4 aliphatic rings. The molecule has 3 saturated carbocycles. The van der Waals surface area contributed by atoms with E-state index in [9.17, 15) is 9.90 Å². The first kappa shape index (κ1) is 20.4. The molecule has 158 valence electrons. The van der Waals surface area contributed by atoms with Gasteiger partial charge in [-0.3, -0.25) is 4.79 Å². The van der Waals surface area contributed by atoms with E-state index in [4.69, 9.17) is 9.47 Å². The van der Waals surface area contributed by atoms with Crippen molar-refractivity contribution in [3.8, 4) is 0 Å². The summed E-state index contributed by atoms with van der Waals surface area (Å²) in [7, 11) is 1.44. The third-order valence-electron chi connectivity index (χ3n) is 9.15. The van der Waals surface area contributed by atoms with Crippen LogP contribution in [0.3, 0.4) is 0 Å². The zero-order valence-corrected chi connectivity index (χ0v) is 18.1.